The Kier molecular flexibility index (Phi) is 5.36. The van der Waals surface area contributed by atoms with E-state index in [9.17, 15) is 14.9 Å². The Hall–Kier alpha value is -3.09. The van der Waals surface area contributed by atoms with Gasteiger partial charge in [-0.1, -0.05) is 18.2 Å². The molecule has 3 rings (SSSR count). The smallest absolute Gasteiger partial charge is 0.269 e. The average molecular weight is 354 g/mol. The third-order valence-electron chi connectivity index (χ3n) is 4.52. The molecule has 2 aromatic carbocycles. The van der Waals surface area contributed by atoms with Crippen LogP contribution in [0.25, 0.3) is 0 Å². The molecule has 0 saturated heterocycles. The summed E-state index contributed by atoms with van der Waals surface area (Å²) < 4.78 is 0. The molecule has 2 aromatic rings. The van der Waals surface area contributed by atoms with Gasteiger partial charge in [-0.2, -0.15) is 0 Å². The standard InChI is InChI=1S/C19H22N4O3/c1-14-12-15-4-2-3-5-18(15)22(14)13-19(24)21-11-10-20-16-6-8-17(9-7-16)23(25)26/h2-9,14,20H,10-13H2,1H3,(H,21,24)/t14-/m1/s1. The lowest BCUT2D eigenvalue weighted by molar-refractivity contribution is -0.384. The fourth-order valence-electron chi connectivity index (χ4n) is 3.19. The number of rotatable bonds is 7. The zero-order valence-electron chi connectivity index (χ0n) is 14.6. The minimum atomic E-state index is -0.429. The van der Waals surface area contributed by atoms with E-state index >= 15 is 0 Å². The lowest BCUT2D eigenvalue weighted by Crippen LogP contribution is -2.41. The van der Waals surface area contributed by atoms with Crippen LogP contribution in [-0.4, -0.2) is 36.5 Å². The molecular formula is C19H22N4O3. The molecule has 1 amide bonds. The molecule has 0 aromatic heterocycles. The molecule has 1 atom stereocenters. The van der Waals surface area contributed by atoms with Crippen molar-refractivity contribution in [2.24, 2.45) is 0 Å². The van der Waals surface area contributed by atoms with Crippen LogP contribution in [0.4, 0.5) is 17.1 Å². The maximum atomic E-state index is 12.2. The van der Waals surface area contributed by atoms with Gasteiger partial charge in [-0.25, -0.2) is 0 Å². The molecule has 0 spiro atoms. The van der Waals surface area contributed by atoms with Gasteiger partial charge < -0.3 is 15.5 Å². The zero-order chi connectivity index (χ0) is 18.5. The summed E-state index contributed by atoms with van der Waals surface area (Å²) in [5.74, 6) is -0.0148. The number of nitro groups is 1. The maximum absolute atomic E-state index is 12.2. The van der Waals surface area contributed by atoms with Crippen molar-refractivity contribution >= 4 is 23.0 Å². The van der Waals surface area contributed by atoms with Crippen molar-refractivity contribution in [3.8, 4) is 0 Å². The van der Waals surface area contributed by atoms with Crippen molar-refractivity contribution in [1.82, 2.24) is 5.32 Å². The molecule has 0 unspecified atom stereocenters. The van der Waals surface area contributed by atoms with Gasteiger partial charge >= 0.3 is 0 Å². The molecule has 1 heterocycles. The second kappa shape index (κ2) is 7.86. The number of nitro benzene ring substituents is 1. The highest BCUT2D eigenvalue weighted by atomic mass is 16.6. The van der Waals surface area contributed by atoms with Crippen molar-refractivity contribution in [2.45, 2.75) is 19.4 Å². The summed E-state index contributed by atoms with van der Waals surface area (Å²) in [7, 11) is 0. The van der Waals surface area contributed by atoms with Gasteiger partial charge in [0.05, 0.1) is 11.5 Å². The van der Waals surface area contributed by atoms with E-state index in [1.807, 2.05) is 12.1 Å². The number of amides is 1. The number of benzene rings is 2. The molecule has 1 aliphatic rings. The summed E-state index contributed by atoms with van der Waals surface area (Å²) >= 11 is 0. The summed E-state index contributed by atoms with van der Waals surface area (Å²) in [6.07, 6.45) is 0.963. The van der Waals surface area contributed by atoms with Crippen molar-refractivity contribution < 1.29 is 9.72 Å². The number of carbonyl (C=O) groups excluding carboxylic acids is 1. The lowest BCUT2D eigenvalue weighted by atomic mass is 10.1. The molecular weight excluding hydrogens is 332 g/mol. The van der Waals surface area contributed by atoms with Crippen molar-refractivity contribution in [2.75, 3.05) is 29.9 Å². The second-order valence-corrected chi connectivity index (χ2v) is 6.39. The second-order valence-electron chi connectivity index (χ2n) is 6.39. The number of para-hydroxylation sites is 1. The molecule has 2 N–H and O–H groups in total. The van der Waals surface area contributed by atoms with Crippen LogP contribution in [0.5, 0.6) is 0 Å². The summed E-state index contributed by atoms with van der Waals surface area (Å²) in [6, 6.07) is 14.7. The summed E-state index contributed by atoms with van der Waals surface area (Å²) in [5.41, 5.74) is 3.27. The van der Waals surface area contributed by atoms with Crippen LogP contribution in [0.1, 0.15) is 12.5 Å². The molecule has 136 valence electrons. The van der Waals surface area contributed by atoms with Crippen LogP contribution in [0.3, 0.4) is 0 Å². The molecule has 0 fully saturated rings. The minimum Gasteiger partial charge on any atom is -0.383 e. The third kappa shape index (κ3) is 4.11. The SMILES string of the molecule is C[C@@H]1Cc2ccccc2N1CC(=O)NCCNc1ccc([N+](=O)[O-])cc1. The van der Waals surface area contributed by atoms with Crippen LogP contribution < -0.4 is 15.5 Å². The van der Waals surface area contributed by atoms with E-state index in [2.05, 4.69) is 34.6 Å². The van der Waals surface area contributed by atoms with Crippen LogP contribution in [0, 0.1) is 10.1 Å². The predicted octanol–water partition coefficient (Wildman–Crippen LogP) is 2.57. The minimum absolute atomic E-state index is 0.0148. The van der Waals surface area contributed by atoms with Gasteiger partial charge in [0.2, 0.25) is 5.91 Å². The van der Waals surface area contributed by atoms with Crippen LogP contribution in [-0.2, 0) is 11.2 Å². The van der Waals surface area contributed by atoms with Crippen molar-refractivity contribution in [3.63, 3.8) is 0 Å². The normalized spacial score (nSPS) is 15.4. The Balaban J connectivity index is 1.43. The monoisotopic (exact) mass is 354 g/mol. The first-order valence-electron chi connectivity index (χ1n) is 8.64. The number of fused-ring (bicyclic) bond motifs is 1. The third-order valence-corrected chi connectivity index (χ3v) is 4.52. The van der Waals surface area contributed by atoms with Gasteiger partial charge in [0.1, 0.15) is 0 Å². The van der Waals surface area contributed by atoms with E-state index in [1.54, 1.807) is 12.1 Å². The Bertz CT molecular complexity index is 792. The van der Waals surface area contributed by atoms with Gasteiger partial charge in [-0.15, -0.1) is 0 Å². The highest BCUT2D eigenvalue weighted by Gasteiger charge is 2.26. The quantitative estimate of drug-likeness (QED) is 0.453. The van der Waals surface area contributed by atoms with Crippen LogP contribution in [0.15, 0.2) is 48.5 Å². The van der Waals surface area contributed by atoms with Gasteiger partial charge in [-0.3, -0.25) is 14.9 Å². The Morgan fingerprint density at radius 1 is 1.19 bits per heavy atom. The highest BCUT2D eigenvalue weighted by molar-refractivity contribution is 5.82. The maximum Gasteiger partial charge on any atom is 0.269 e. The van der Waals surface area contributed by atoms with E-state index in [1.165, 1.54) is 17.7 Å². The first-order chi connectivity index (χ1) is 12.5. The number of non-ortho nitro benzene ring substituents is 1. The Morgan fingerprint density at radius 3 is 2.65 bits per heavy atom. The zero-order valence-corrected chi connectivity index (χ0v) is 14.6. The lowest BCUT2D eigenvalue weighted by Gasteiger charge is -2.24. The summed E-state index contributed by atoms with van der Waals surface area (Å²) in [4.78, 5) is 24.6. The van der Waals surface area contributed by atoms with Gasteiger partial charge in [-0.05, 0) is 37.1 Å². The molecule has 26 heavy (non-hydrogen) atoms. The Morgan fingerprint density at radius 2 is 1.92 bits per heavy atom. The van der Waals surface area contributed by atoms with Gasteiger partial charge in [0, 0.05) is 42.6 Å². The number of hydrogen-bond acceptors (Lipinski definition) is 5. The van der Waals surface area contributed by atoms with E-state index < -0.39 is 4.92 Å². The number of nitrogens with zero attached hydrogens (tertiary/aromatic N) is 2. The van der Waals surface area contributed by atoms with E-state index in [0.29, 0.717) is 25.7 Å². The number of hydrogen-bond donors (Lipinski definition) is 2. The van der Waals surface area contributed by atoms with Crippen LogP contribution in [0.2, 0.25) is 0 Å². The molecule has 0 saturated carbocycles. The average Bonchev–Trinajstić information content (AvgIpc) is 2.95. The van der Waals surface area contributed by atoms with E-state index in [-0.39, 0.29) is 11.6 Å². The topological polar surface area (TPSA) is 87.5 Å². The summed E-state index contributed by atoms with van der Waals surface area (Å²) in [6.45, 7) is 3.51. The van der Waals surface area contributed by atoms with E-state index in [4.69, 9.17) is 0 Å². The highest BCUT2D eigenvalue weighted by Crippen LogP contribution is 2.31. The molecule has 7 nitrogen and oxygen atoms in total. The van der Waals surface area contributed by atoms with Crippen molar-refractivity contribution in [3.05, 3.63) is 64.2 Å². The predicted molar refractivity (Wildman–Crippen MR) is 102 cm³/mol. The fourth-order valence-corrected chi connectivity index (χ4v) is 3.19. The van der Waals surface area contributed by atoms with Crippen molar-refractivity contribution in [1.29, 1.82) is 0 Å². The first kappa shape index (κ1) is 17.7. The largest absolute Gasteiger partial charge is 0.383 e. The molecule has 0 bridgehead atoms. The number of anilines is 2. The number of nitrogens with one attached hydrogen (secondary N) is 2. The molecule has 7 heteroatoms. The molecule has 0 radical (unpaired) electrons. The van der Waals surface area contributed by atoms with Gasteiger partial charge in [0.25, 0.3) is 5.69 Å². The Labute approximate surface area is 152 Å². The van der Waals surface area contributed by atoms with Crippen LogP contribution >= 0.6 is 0 Å². The summed E-state index contributed by atoms with van der Waals surface area (Å²) in [5, 5.41) is 16.7. The molecule has 0 aliphatic carbocycles. The van der Waals surface area contributed by atoms with Gasteiger partial charge in [0.15, 0.2) is 0 Å². The fraction of sp³-hybridized carbons (Fsp3) is 0.316. The number of carbonyl (C=O) groups is 1. The first-order valence-corrected chi connectivity index (χ1v) is 8.64. The van der Waals surface area contributed by atoms with E-state index in [0.717, 1.165) is 17.8 Å². The molecule has 1 aliphatic heterocycles.